The van der Waals surface area contributed by atoms with Gasteiger partial charge in [-0.05, 0) is 84.3 Å². The zero-order chi connectivity index (χ0) is 29.7. The van der Waals surface area contributed by atoms with Gasteiger partial charge < -0.3 is 0 Å². The second-order valence-electron chi connectivity index (χ2n) is 11.7. The average Bonchev–Trinajstić information content (AvgIpc) is 3.49. The van der Waals surface area contributed by atoms with Gasteiger partial charge in [0.15, 0.2) is 0 Å². The lowest BCUT2D eigenvalue weighted by molar-refractivity contribution is 1.61. The molecule has 0 unspecified atom stereocenters. The first-order valence-corrected chi connectivity index (χ1v) is 16.2. The highest BCUT2D eigenvalue weighted by atomic mass is 32.1. The van der Waals surface area contributed by atoms with E-state index in [0.717, 1.165) is 0 Å². The molecule has 0 fully saturated rings. The molecule has 0 atom stereocenters. The molecule has 0 N–H and O–H groups in total. The van der Waals surface area contributed by atoms with Crippen molar-refractivity contribution in [1.29, 1.82) is 0 Å². The molecule has 1 heteroatoms. The van der Waals surface area contributed by atoms with Crippen molar-refractivity contribution in [2.24, 2.45) is 0 Å². The summed E-state index contributed by atoms with van der Waals surface area (Å²) in [5, 5.41) is 7.77. The van der Waals surface area contributed by atoms with Gasteiger partial charge in [-0.15, -0.1) is 11.3 Å². The minimum Gasteiger partial charge on any atom is -0.135 e. The SMILES string of the molecule is c1ccc(-c2ccc(-c3c4ccccc4c(-c4ccc(-c5ccc6sc7ccccc7c6c5)cc4)c4ccccc34)cc2)cc1. The summed E-state index contributed by atoms with van der Waals surface area (Å²) in [5.41, 5.74) is 10.0. The van der Waals surface area contributed by atoms with Gasteiger partial charge >= 0.3 is 0 Å². The number of rotatable bonds is 4. The lowest BCUT2D eigenvalue weighted by Crippen LogP contribution is -1.91. The molecule has 8 aromatic carbocycles. The third-order valence-electron chi connectivity index (χ3n) is 9.10. The summed E-state index contributed by atoms with van der Waals surface area (Å²) < 4.78 is 2.68. The molecule has 1 heterocycles. The quantitative estimate of drug-likeness (QED) is 0.179. The second-order valence-corrected chi connectivity index (χ2v) is 12.8. The summed E-state index contributed by atoms with van der Waals surface area (Å²) in [5.74, 6) is 0. The summed E-state index contributed by atoms with van der Waals surface area (Å²) in [6.07, 6.45) is 0. The lowest BCUT2D eigenvalue weighted by atomic mass is 9.85. The number of thiophene rings is 1. The molecule has 0 nitrogen and oxygen atoms in total. The molecule has 0 radical (unpaired) electrons. The Bertz CT molecular complexity index is 2440. The molecular weight excluding hydrogens is 561 g/mol. The predicted octanol–water partition coefficient (Wildman–Crippen LogP) is 13.0. The van der Waals surface area contributed by atoms with Crippen LogP contribution in [0.3, 0.4) is 0 Å². The smallest absolute Gasteiger partial charge is 0.0355 e. The van der Waals surface area contributed by atoms with Crippen LogP contribution in [0.1, 0.15) is 0 Å². The van der Waals surface area contributed by atoms with Crippen molar-refractivity contribution in [3.05, 3.63) is 170 Å². The Kier molecular flexibility index (Phi) is 6.11. The molecule has 45 heavy (non-hydrogen) atoms. The van der Waals surface area contributed by atoms with E-state index in [4.69, 9.17) is 0 Å². The monoisotopic (exact) mass is 588 g/mol. The molecule has 9 aromatic rings. The highest BCUT2D eigenvalue weighted by molar-refractivity contribution is 7.25. The van der Waals surface area contributed by atoms with Gasteiger partial charge in [-0.2, -0.15) is 0 Å². The Labute approximate surface area is 266 Å². The zero-order valence-electron chi connectivity index (χ0n) is 24.6. The third kappa shape index (κ3) is 4.36. The highest BCUT2D eigenvalue weighted by Crippen LogP contribution is 2.44. The molecule has 0 bridgehead atoms. The fourth-order valence-electron chi connectivity index (χ4n) is 6.95. The number of benzene rings is 8. The van der Waals surface area contributed by atoms with Gasteiger partial charge in [0.1, 0.15) is 0 Å². The summed E-state index contributed by atoms with van der Waals surface area (Å²) in [6, 6.07) is 62.2. The molecule has 0 saturated heterocycles. The molecule has 0 spiro atoms. The van der Waals surface area contributed by atoms with Gasteiger partial charge in [0, 0.05) is 20.2 Å². The largest absolute Gasteiger partial charge is 0.135 e. The average molecular weight is 589 g/mol. The van der Waals surface area contributed by atoms with Crippen LogP contribution >= 0.6 is 11.3 Å². The van der Waals surface area contributed by atoms with E-state index in [9.17, 15) is 0 Å². The van der Waals surface area contributed by atoms with Crippen molar-refractivity contribution in [3.8, 4) is 44.5 Å². The summed E-state index contributed by atoms with van der Waals surface area (Å²) in [6.45, 7) is 0. The normalized spacial score (nSPS) is 11.6. The predicted molar refractivity (Wildman–Crippen MR) is 196 cm³/mol. The van der Waals surface area contributed by atoms with Crippen LogP contribution in [0.5, 0.6) is 0 Å². The highest BCUT2D eigenvalue weighted by Gasteiger charge is 2.17. The standard InChI is InChI=1S/C44H28S/c1-2-10-29(11-3-1)30-18-22-32(23-19-30)43-36-13-4-6-15-38(36)44(39-16-7-5-14-37(39)43)33-24-20-31(21-25-33)34-26-27-42-40(28-34)35-12-8-9-17-41(35)45-42/h1-28H. The lowest BCUT2D eigenvalue weighted by Gasteiger charge is -2.18. The van der Waals surface area contributed by atoms with Crippen LogP contribution in [0.2, 0.25) is 0 Å². The molecule has 9 rings (SSSR count). The topological polar surface area (TPSA) is 0 Å². The molecule has 0 saturated carbocycles. The second kappa shape index (κ2) is 10.6. The molecule has 0 aliphatic heterocycles. The van der Waals surface area contributed by atoms with Crippen LogP contribution < -0.4 is 0 Å². The Balaban J connectivity index is 1.18. The van der Waals surface area contributed by atoms with Gasteiger partial charge in [-0.1, -0.05) is 152 Å². The van der Waals surface area contributed by atoms with E-state index in [0.29, 0.717) is 0 Å². The van der Waals surface area contributed by atoms with Gasteiger partial charge in [0.25, 0.3) is 0 Å². The van der Waals surface area contributed by atoms with Gasteiger partial charge in [0.05, 0.1) is 0 Å². The molecular formula is C44H28S. The van der Waals surface area contributed by atoms with Crippen LogP contribution in [0.15, 0.2) is 170 Å². The maximum absolute atomic E-state index is 2.35. The van der Waals surface area contributed by atoms with Crippen molar-refractivity contribution in [1.82, 2.24) is 0 Å². The van der Waals surface area contributed by atoms with Gasteiger partial charge in [-0.3, -0.25) is 0 Å². The van der Waals surface area contributed by atoms with Gasteiger partial charge in [0.2, 0.25) is 0 Å². The Hall–Kier alpha value is -5.50. The zero-order valence-corrected chi connectivity index (χ0v) is 25.4. The first-order valence-electron chi connectivity index (χ1n) is 15.4. The summed E-state index contributed by atoms with van der Waals surface area (Å²) in [4.78, 5) is 0. The Morgan fingerprint density at radius 2 is 0.622 bits per heavy atom. The van der Waals surface area contributed by atoms with Crippen molar-refractivity contribution in [2.75, 3.05) is 0 Å². The van der Waals surface area contributed by atoms with E-state index in [1.165, 1.54) is 86.2 Å². The fourth-order valence-corrected chi connectivity index (χ4v) is 8.03. The first-order chi connectivity index (χ1) is 22.3. The van der Waals surface area contributed by atoms with E-state index >= 15 is 0 Å². The van der Waals surface area contributed by atoms with Crippen molar-refractivity contribution < 1.29 is 0 Å². The van der Waals surface area contributed by atoms with Crippen LogP contribution in [0.4, 0.5) is 0 Å². The van der Waals surface area contributed by atoms with Crippen LogP contribution in [-0.2, 0) is 0 Å². The van der Waals surface area contributed by atoms with E-state index in [-0.39, 0.29) is 0 Å². The summed E-state index contributed by atoms with van der Waals surface area (Å²) >= 11 is 1.87. The Morgan fingerprint density at radius 1 is 0.244 bits per heavy atom. The van der Waals surface area contributed by atoms with Crippen molar-refractivity contribution in [2.45, 2.75) is 0 Å². The minimum absolute atomic E-state index is 1.23. The van der Waals surface area contributed by atoms with Crippen molar-refractivity contribution in [3.63, 3.8) is 0 Å². The number of hydrogen-bond donors (Lipinski definition) is 0. The Morgan fingerprint density at radius 3 is 1.18 bits per heavy atom. The third-order valence-corrected chi connectivity index (χ3v) is 10.2. The minimum atomic E-state index is 1.23. The number of fused-ring (bicyclic) bond motifs is 5. The summed E-state index contributed by atoms with van der Waals surface area (Å²) in [7, 11) is 0. The molecule has 0 aliphatic rings. The van der Waals surface area contributed by atoms with E-state index in [1.54, 1.807) is 0 Å². The van der Waals surface area contributed by atoms with Crippen LogP contribution in [0.25, 0.3) is 86.2 Å². The maximum atomic E-state index is 2.35. The van der Waals surface area contributed by atoms with Crippen LogP contribution in [0, 0.1) is 0 Å². The van der Waals surface area contributed by atoms with E-state index in [1.807, 2.05) is 11.3 Å². The first kappa shape index (κ1) is 25.9. The molecule has 0 amide bonds. The fraction of sp³-hybridized carbons (Fsp3) is 0. The van der Waals surface area contributed by atoms with Crippen molar-refractivity contribution >= 4 is 53.1 Å². The molecule has 0 aliphatic carbocycles. The number of hydrogen-bond acceptors (Lipinski definition) is 1. The maximum Gasteiger partial charge on any atom is 0.0355 e. The van der Waals surface area contributed by atoms with Crippen LogP contribution in [-0.4, -0.2) is 0 Å². The molecule has 210 valence electrons. The van der Waals surface area contributed by atoms with E-state index < -0.39 is 0 Å². The molecule has 1 aromatic heterocycles. The van der Waals surface area contributed by atoms with Gasteiger partial charge in [-0.25, -0.2) is 0 Å². The van der Waals surface area contributed by atoms with E-state index in [2.05, 4.69) is 170 Å².